The van der Waals surface area contributed by atoms with Gasteiger partial charge in [0.2, 0.25) is 29.5 Å². The number of anilines is 1. The van der Waals surface area contributed by atoms with Crippen LogP contribution in [0.15, 0.2) is 109 Å². The van der Waals surface area contributed by atoms with Gasteiger partial charge in [0.05, 0.1) is 49.1 Å². The standard InChI is InChI=1S/C69H93N9O15/c1-42(2)63(76-60(80)22-10-9-15-33-72-67(86)89-40-56-54-19-13-11-17-52(54)53-18-12-14-20-55(53)56)65(84)75-57(21-16-34-71-66(70)85)64(83)73-49-28-26-48(27-29-49)39-88-68(87)77-78(8)62(82)36-51-38-69(41-90-69)37-50(93-51)30-23-43(3)24-31-59-44(4)35-58(46(6)92-59)74-61(81)32-25-45(5)91-47(7)79/h11-14,17-20,23-30,32,42,44-46,50-51,56-59,63H,9-10,15-16,21-22,31,33-41H2,1-8H3,(H,72,86)(H,73,83)(H,74,81)(H,75,84)(H,76,80)(H,77,87)(H3,70,71,85)/b30-23+,32-25-,43-24+/t44-,45-,46+,50+,51+,57-,58+,59-,63-,69+/m0/s1. The Morgan fingerprint density at radius 3 is 2.14 bits per heavy atom. The van der Waals surface area contributed by atoms with Gasteiger partial charge in [-0.15, -0.1) is 0 Å². The summed E-state index contributed by atoms with van der Waals surface area (Å²) in [6, 6.07) is 19.7. The normalized spacial score (nSPS) is 21.7. The zero-order valence-electron chi connectivity index (χ0n) is 54.6. The number of nitrogens with one attached hydrogen (secondary N) is 7. The summed E-state index contributed by atoms with van der Waals surface area (Å²) in [5.41, 5.74) is 13.8. The molecule has 24 nitrogen and oxygen atoms in total. The molecule has 3 fully saturated rings. The number of ether oxygens (including phenoxy) is 6. The van der Waals surface area contributed by atoms with Crippen LogP contribution in [0.25, 0.3) is 11.1 Å². The molecule has 3 aromatic rings. The van der Waals surface area contributed by atoms with Crippen LogP contribution >= 0.6 is 0 Å². The van der Waals surface area contributed by atoms with Gasteiger partial charge in [0.25, 0.3) is 0 Å². The van der Waals surface area contributed by atoms with Gasteiger partial charge in [0, 0.05) is 64.0 Å². The third-order valence-corrected chi connectivity index (χ3v) is 16.9. The molecule has 3 aliphatic heterocycles. The number of allylic oxidation sites excluding steroid dienone is 2. The monoisotopic (exact) mass is 1290 g/mol. The minimum Gasteiger partial charge on any atom is -0.459 e. The number of carbonyl (C=O) groups excluding carboxylic acids is 9. The summed E-state index contributed by atoms with van der Waals surface area (Å²) >= 11 is 0. The van der Waals surface area contributed by atoms with Crippen molar-refractivity contribution < 1.29 is 71.6 Å². The zero-order chi connectivity index (χ0) is 67.2. The smallest absolute Gasteiger partial charge is 0.426 e. The highest BCUT2D eigenvalue weighted by Gasteiger charge is 2.51. The summed E-state index contributed by atoms with van der Waals surface area (Å²) in [5, 5.41) is 17.8. The second kappa shape index (κ2) is 34.9. The molecule has 24 heteroatoms. The van der Waals surface area contributed by atoms with Gasteiger partial charge in [-0.3, -0.25) is 33.8 Å². The van der Waals surface area contributed by atoms with Crippen molar-refractivity contribution in [2.75, 3.05) is 38.7 Å². The first-order valence-electron chi connectivity index (χ1n) is 32.2. The Morgan fingerprint density at radius 1 is 0.785 bits per heavy atom. The maximum atomic E-state index is 13.8. The molecule has 3 saturated heterocycles. The number of hydrogen-bond donors (Lipinski definition) is 8. The third kappa shape index (κ3) is 22.9. The minimum absolute atomic E-state index is 0.0184. The molecule has 0 unspecified atom stereocenters. The molecule has 0 saturated carbocycles. The summed E-state index contributed by atoms with van der Waals surface area (Å²) in [7, 11) is 1.42. The molecule has 1 spiro atoms. The first kappa shape index (κ1) is 71.8. The number of amides is 9. The fraction of sp³-hybridized carbons (Fsp3) is 0.522. The molecule has 0 bridgehead atoms. The Labute approximate surface area is 544 Å². The number of hydrazine groups is 1. The van der Waals surface area contributed by atoms with Gasteiger partial charge in [-0.2, -0.15) is 0 Å². The Balaban J connectivity index is 0.794. The number of nitrogens with zero attached hydrogens (tertiary/aromatic N) is 1. The van der Waals surface area contributed by atoms with E-state index >= 15 is 0 Å². The van der Waals surface area contributed by atoms with Crippen LogP contribution in [-0.2, 0) is 63.8 Å². The van der Waals surface area contributed by atoms with E-state index in [1.165, 1.54) is 26.1 Å². The number of esters is 1. The number of urea groups is 1. The Kier molecular flexibility index (Phi) is 26.9. The van der Waals surface area contributed by atoms with Crippen molar-refractivity contribution >= 4 is 59.4 Å². The topological polar surface area (TPSA) is 326 Å². The number of benzene rings is 3. The average Bonchev–Trinajstić information content (AvgIpc) is 1.62. The van der Waals surface area contributed by atoms with Crippen molar-refractivity contribution in [3.05, 3.63) is 125 Å². The quantitative estimate of drug-likeness (QED) is 0.00600. The molecule has 7 rings (SSSR count). The van der Waals surface area contributed by atoms with E-state index < -0.39 is 66.2 Å². The summed E-state index contributed by atoms with van der Waals surface area (Å²) in [5.74, 6) is -2.79. The number of nitrogens with two attached hydrogens (primary N) is 1. The van der Waals surface area contributed by atoms with Crippen molar-refractivity contribution in [3.8, 4) is 11.1 Å². The number of carbonyl (C=O) groups is 9. The third-order valence-electron chi connectivity index (χ3n) is 16.9. The van der Waals surface area contributed by atoms with Gasteiger partial charge in [-0.1, -0.05) is 112 Å². The first-order valence-corrected chi connectivity index (χ1v) is 32.2. The van der Waals surface area contributed by atoms with Crippen molar-refractivity contribution in [2.24, 2.45) is 17.6 Å². The largest absolute Gasteiger partial charge is 0.459 e. The lowest BCUT2D eigenvalue weighted by molar-refractivity contribution is -0.143. The molecule has 0 aromatic heterocycles. The second-order valence-electron chi connectivity index (χ2n) is 25.0. The number of epoxide rings is 1. The van der Waals surface area contributed by atoms with Crippen LogP contribution in [0.1, 0.15) is 142 Å². The number of hydrogen-bond acceptors (Lipinski definition) is 15. The number of rotatable bonds is 30. The number of fused-ring (bicyclic) bond motifs is 3. The summed E-state index contributed by atoms with van der Waals surface area (Å²) in [4.78, 5) is 115. The maximum absolute atomic E-state index is 13.8. The number of unbranched alkanes of at least 4 members (excludes halogenated alkanes) is 2. The molecule has 4 aliphatic rings. The molecule has 0 radical (unpaired) electrons. The number of primary amides is 1. The van der Waals surface area contributed by atoms with E-state index in [4.69, 9.17) is 34.2 Å². The maximum Gasteiger partial charge on any atom is 0.426 e. The second-order valence-corrected chi connectivity index (χ2v) is 25.0. The molecule has 1 aliphatic carbocycles. The van der Waals surface area contributed by atoms with Gasteiger partial charge in [0.1, 0.15) is 31.4 Å². The van der Waals surface area contributed by atoms with Crippen LogP contribution in [-0.4, -0.2) is 146 Å². The number of alkyl carbamates (subject to hydrolysis) is 1. The van der Waals surface area contributed by atoms with Crippen molar-refractivity contribution in [1.82, 2.24) is 37.0 Å². The van der Waals surface area contributed by atoms with E-state index in [1.807, 2.05) is 50.3 Å². The van der Waals surface area contributed by atoms with Crippen LogP contribution in [0.2, 0.25) is 0 Å². The minimum atomic E-state index is -1.08. The van der Waals surface area contributed by atoms with Crippen molar-refractivity contribution in [2.45, 2.75) is 186 Å². The summed E-state index contributed by atoms with van der Waals surface area (Å²) < 4.78 is 34.7. The molecule has 9 amide bonds. The zero-order valence-corrected chi connectivity index (χ0v) is 54.6. The Hall–Kier alpha value is -8.61. The van der Waals surface area contributed by atoms with Gasteiger partial charge in [-0.05, 0) is 117 Å². The Morgan fingerprint density at radius 2 is 1.47 bits per heavy atom. The summed E-state index contributed by atoms with van der Waals surface area (Å²) in [6.07, 6.45) is 10.9. The lowest BCUT2D eigenvalue weighted by atomic mass is 9.88. The highest BCUT2D eigenvalue weighted by Crippen LogP contribution is 2.45. The molecule has 10 atom stereocenters. The van der Waals surface area contributed by atoms with E-state index in [2.05, 4.69) is 74.6 Å². The van der Waals surface area contributed by atoms with Gasteiger partial charge in [-0.25, -0.2) is 19.8 Å². The molecule has 9 N–H and O–H groups in total. The van der Waals surface area contributed by atoms with E-state index in [9.17, 15) is 43.2 Å². The summed E-state index contributed by atoms with van der Waals surface area (Å²) in [6.45, 7) is 13.7. The molecular formula is C69H93N9O15. The molecule has 504 valence electrons. The Bertz CT molecular complexity index is 3140. The molecule has 3 heterocycles. The van der Waals surface area contributed by atoms with Gasteiger partial charge >= 0.3 is 24.2 Å². The fourth-order valence-electron chi connectivity index (χ4n) is 11.8. The molecule has 93 heavy (non-hydrogen) atoms. The predicted molar refractivity (Wildman–Crippen MR) is 347 cm³/mol. The van der Waals surface area contributed by atoms with E-state index in [1.54, 1.807) is 45.0 Å². The van der Waals surface area contributed by atoms with Gasteiger partial charge in [0.15, 0.2) is 0 Å². The van der Waals surface area contributed by atoms with Crippen LogP contribution in [0.4, 0.5) is 20.1 Å². The predicted octanol–water partition coefficient (Wildman–Crippen LogP) is 7.80. The first-order chi connectivity index (χ1) is 44.4. The van der Waals surface area contributed by atoms with E-state index in [0.717, 1.165) is 39.3 Å². The lowest BCUT2D eigenvalue weighted by Gasteiger charge is -2.39. The molecule has 3 aromatic carbocycles. The van der Waals surface area contributed by atoms with E-state index in [-0.39, 0.29) is 105 Å². The average molecular weight is 1290 g/mol. The lowest BCUT2D eigenvalue weighted by Crippen LogP contribution is -2.54. The van der Waals surface area contributed by atoms with Crippen LogP contribution in [0, 0.1) is 11.8 Å². The van der Waals surface area contributed by atoms with Crippen molar-refractivity contribution in [1.29, 1.82) is 0 Å². The highest BCUT2D eigenvalue weighted by molar-refractivity contribution is 5.98. The fourth-order valence-corrected chi connectivity index (χ4v) is 11.8. The van der Waals surface area contributed by atoms with E-state index in [0.29, 0.717) is 62.9 Å². The highest BCUT2D eigenvalue weighted by atomic mass is 16.6. The van der Waals surface area contributed by atoms with Crippen molar-refractivity contribution in [3.63, 3.8) is 0 Å². The van der Waals surface area contributed by atoms with Gasteiger partial charge < -0.3 is 66.1 Å². The van der Waals surface area contributed by atoms with Crippen LogP contribution in [0.5, 0.6) is 0 Å². The SMILES string of the molecule is CC(=O)O[C@@H](C)/C=C\C(=O)N[C@@H]1C[C@H](C)[C@H](C/C=C(C)/C=C/[C@@H]2C[C@]3(CO3)C[C@@H](CC(=O)N(C)NC(=O)OCc3ccc(NC(=O)[C@H](CCCNC(N)=O)NC(=O)[C@@H](NC(=O)CCCCCNC(=O)OCC4c5ccccc5-c5ccccc54)C(C)C)cc3)O2)O[C@@H]1C. The van der Waals surface area contributed by atoms with Crippen LogP contribution in [0.3, 0.4) is 0 Å². The van der Waals surface area contributed by atoms with Crippen LogP contribution < -0.4 is 43.1 Å². The molecular weight excluding hydrogens is 1190 g/mol.